The molecule has 0 saturated heterocycles. The van der Waals surface area contributed by atoms with Gasteiger partial charge in [-0.15, -0.1) is 0 Å². The number of halogens is 1. The molecule has 0 atom stereocenters. The molecule has 0 amide bonds. The Morgan fingerprint density at radius 1 is 1.23 bits per heavy atom. The molecule has 1 aromatic carbocycles. The zero-order valence-corrected chi connectivity index (χ0v) is 9.79. The molecule has 1 heterocycles. The number of aromatic nitrogens is 1. The zero-order chi connectivity index (χ0) is 9.42. The lowest BCUT2D eigenvalue weighted by atomic mass is 10.1. The first-order chi connectivity index (χ1) is 6.18. The molecular formula is C11H10IN. The van der Waals surface area contributed by atoms with Crippen LogP contribution in [0, 0.1) is 17.4 Å². The fourth-order valence-corrected chi connectivity index (χ4v) is 2.17. The predicted molar refractivity (Wildman–Crippen MR) is 63.9 cm³/mol. The monoisotopic (exact) mass is 283 g/mol. The van der Waals surface area contributed by atoms with Crippen molar-refractivity contribution in [1.29, 1.82) is 0 Å². The number of pyridine rings is 1. The summed E-state index contributed by atoms with van der Waals surface area (Å²) in [6, 6.07) is 8.42. The van der Waals surface area contributed by atoms with Gasteiger partial charge in [-0.2, -0.15) is 0 Å². The molecule has 0 radical (unpaired) electrons. The largest absolute Gasteiger partial charge is 0.252 e. The van der Waals surface area contributed by atoms with Crippen molar-refractivity contribution in [2.24, 2.45) is 0 Å². The number of benzene rings is 1. The van der Waals surface area contributed by atoms with Crippen molar-refractivity contribution in [2.45, 2.75) is 13.8 Å². The minimum absolute atomic E-state index is 1.09. The van der Waals surface area contributed by atoms with Crippen LogP contribution in [-0.2, 0) is 0 Å². The molecule has 2 heteroatoms. The van der Waals surface area contributed by atoms with Crippen molar-refractivity contribution in [3.8, 4) is 0 Å². The number of fused-ring (bicyclic) bond motifs is 1. The van der Waals surface area contributed by atoms with Gasteiger partial charge in [0.05, 0.1) is 5.52 Å². The maximum Gasteiger partial charge on any atom is 0.0841 e. The highest BCUT2D eigenvalue weighted by molar-refractivity contribution is 14.1. The molecule has 0 unspecified atom stereocenters. The van der Waals surface area contributed by atoms with Gasteiger partial charge in [0.2, 0.25) is 0 Å². The molecule has 2 rings (SSSR count). The minimum atomic E-state index is 1.09. The van der Waals surface area contributed by atoms with Crippen LogP contribution in [0.3, 0.4) is 0 Å². The van der Waals surface area contributed by atoms with E-state index >= 15 is 0 Å². The van der Waals surface area contributed by atoms with E-state index < -0.39 is 0 Å². The van der Waals surface area contributed by atoms with E-state index in [0.717, 1.165) is 11.2 Å². The third-order valence-electron chi connectivity index (χ3n) is 2.13. The molecule has 0 fully saturated rings. The fourth-order valence-electron chi connectivity index (χ4n) is 1.55. The molecular weight excluding hydrogens is 273 g/mol. The van der Waals surface area contributed by atoms with Crippen LogP contribution in [-0.4, -0.2) is 4.98 Å². The summed E-state index contributed by atoms with van der Waals surface area (Å²) in [5, 5.41) is 1.26. The van der Waals surface area contributed by atoms with E-state index in [1.165, 1.54) is 14.5 Å². The van der Waals surface area contributed by atoms with Crippen LogP contribution in [0.1, 0.15) is 11.3 Å². The SMILES string of the molecule is Cc1cc(C)c2cccc(I)c2n1. The third-order valence-corrected chi connectivity index (χ3v) is 3.00. The Bertz CT molecular complexity index is 463. The number of aryl methyl sites for hydroxylation is 2. The molecule has 1 nitrogen and oxygen atoms in total. The zero-order valence-electron chi connectivity index (χ0n) is 7.63. The number of hydrogen-bond donors (Lipinski definition) is 0. The number of para-hydroxylation sites is 1. The Morgan fingerprint density at radius 3 is 2.77 bits per heavy atom. The van der Waals surface area contributed by atoms with E-state index in [1.807, 2.05) is 6.92 Å². The van der Waals surface area contributed by atoms with Crippen molar-refractivity contribution >= 4 is 33.5 Å². The maximum absolute atomic E-state index is 4.53. The van der Waals surface area contributed by atoms with Gasteiger partial charge < -0.3 is 0 Å². The summed E-state index contributed by atoms with van der Waals surface area (Å²) in [5.74, 6) is 0. The molecule has 13 heavy (non-hydrogen) atoms. The second-order valence-electron chi connectivity index (χ2n) is 3.22. The molecule has 0 aliphatic heterocycles. The highest BCUT2D eigenvalue weighted by Crippen LogP contribution is 2.21. The summed E-state index contributed by atoms with van der Waals surface area (Å²) < 4.78 is 1.22. The third kappa shape index (κ3) is 1.55. The van der Waals surface area contributed by atoms with Gasteiger partial charge in [0.15, 0.2) is 0 Å². The molecule has 0 aliphatic carbocycles. The van der Waals surface area contributed by atoms with Crippen LogP contribution in [0.4, 0.5) is 0 Å². The van der Waals surface area contributed by atoms with Crippen LogP contribution < -0.4 is 0 Å². The van der Waals surface area contributed by atoms with Crippen molar-refractivity contribution in [2.75, 3.05) is 0 Å². The topological polar surface area (TPSA) is 12.9 Å². The first kappa shape index (κ1) is 8.94. The lowest BCUT2D eigenvalue weighted by Crippen LogP contribution is -1.89. The molecule has 0 N–H and O–H groups in total. The van der Waals surface area contributed by atoms with Gasteiger partial charge in [0.25, 0.3) is 0 Å². The summed E-state index contributed by atoms with van der Waals surface area (Å²) in [6.07, 6.45) is 0. The highest BCUT2D eigenvalue weighted by Gasteiger charge is 2.02. The molecule has 0 bridgehead atoms. The summed E-state index contributed by atoms with van der Waals surface area (Å²) in [7, 11) is 0. The van der Waals surface area contributed by atoms with Crippen molar-refractivity contribution < 1.29 is 0 Å². The van der Waals surface area contributed by atoms with Crippen LogP contribution in [0.15, 0.2) is 24.3 Å². The Labute approximate surface area is 91.3 Å². The first-order valence-corrected chi connectivity index (χ1v) is 5.29. The summed E-state index contributed by atoms with van der Waals surface area (Å²) >= 11 is 2.33. The highest BCUT2D eigenvalue weighted by atomic mass is 127. The smallest absolute Gasteiger partial charge is 0.0841 e. The Kier molecular flexibility index (Phi) is 2.24. The number of rotatable bonds is 0. The number of nitrogens with zero attached hydrogens (tertiary/aromatic N) is 1. The van der Waals surface area contributed by atoms with Crippen molar-refractivity contribution in [3.63, 3.8) is 0 Å². The van der Waals surface area contributed by atoms with E-state index in [0.29, 0.717) is 0 Å². The van der Waals surface area contributed by atoms with Crippen LogP contribution >= 0.6 is 22.6 Å². The maximum atomic E-state index is 4.53. The first-order valence-electron chi connectivity index (χ1n) is 4.21. The Hall–Kier alpha value is -0.640. The summed E-state index contributed by atoms with van der Waals surface area (Å²) in [6.45, 7) is 4.17. The van der Waals surface area contributed by atoms with Crippen LogP contribution in [0.5, 0.6) is 0 Å². The lowest BCUT2D eigenvalue weighted by molar-refractivity contribution is 1.23. The van der Waals surface area contributed by atoms with Crippen LogP contribution in [0.2, 0.25) is 0 Å². The Morgan fingerprint density at radius 2 is 2.00 bits per heavy atom. The average molecular weight is 283 g/mol. The minimum Gasteiger partial charge on any atom is -0.252 e. The fraction of sp³-hybridized carbons (Fsp3) is 0.182. The van der Waals surface area contributed by atoms with Crippen molar-refractivity contribution in [1.82, 2.24) is 4.98 Å². The van der Waals surface area contributed by atoms with E-state index in [-0.39, 0.29) is 0 Å². The lowest BCUT2D eigenvalue weighted by Gasteiger charge is -2.04. The van der Waals surface area contributed by atoms with Crippen molar-refractivity contribution in [3.05, 3.63) is 39.1 Å². The summed E-state index contributed by atoms with van der Waals surface area (Å²) in [4.78, 5) is 4.53. The molecule has 1 aromatic heterocycles. The Balaban J connectivity index is 2.94. The van der Waals surface area contributed by atoms with Gasteiger partial charge in [0, 0.05) is 14.7 Å². The van der Waals surface area contributed by atoms with E-state index in [1.54, 1.807) is 0 Å². The second kappa shape index (κ2) is 3.25. The van der Waals surface area contributed by atoms with Gasteiger partial charge in [-0.1, -0.05) is 12.1 Å². The van der Waals surface area contributed by atoms with Gasteiger partial charge in [0.1, 0.15) is 0 Å². The van der Waals surface area contributed by atoms with E-state index in [4.69, 9.17) is 0 Å². The predicted octanol–water partition coefficient (Wildman–Crippen LogP) is 3.46. The van der Waals surface area contributed by atoms with E-state index in [2.05, 4.69) is 58.8 Å². The molecule has 66 valence electrons. The molecule has 0 spiro atoms. The van der Waals surface area contributed by atoms with Gasteiger partial charge in [-0.3, -0.25) is 4.98 Å². The second-order valence-corrected chi connectivity index (χ2v) is 4.38. The molecule has 0 saturated carbocycles. The standard InChI is InChI=1S/C11H10IN/c1-7-6-8(2)13-11-9(7)4-3-5-10(11)12/h3-6H,1-2H3. The molecule has 0 aliphatic rings. The number of hydrogen-bond acceptors (Lipinski definition) is 1. The molecule has 2 aromatic rings. The van der Waals surface area contributed by atoms with Gasteiger partial charge in [-0.25, -0.2) is 0 Å². The normalized spacial score (nSPS) is 10.7. The van der Waals surface area contributed by atoms with Gasteiger partial charge in [-0.05, 0) is 54.1 Å². The van der Waals surface area contributed by atoms with Gasteiger partial charge >= 0.3 is 0 Å². The summed E-state index contributed by atoms with van der Waals surface area (Å²) in [5.41, 5.74) is 3.52. The quantitative estimate of drug-likeness (QED) is 0.675. The average Bonchev–Trinajstić information content (AvgIpc) is 2.07. The van der Waals surface area contributed by atoms with E-state index in [9.17, 15) is 0 Å². The van der Waals surface area contributed by atoms with Crippen LogP contribution in [0.25, 0.3) is 10.9 Å².